The molecule has 12 aromatic rings. The van der Waals surface area contributed by atoms with Gasteiger partial charge in [0.15, 0.2) is 0 Å². The van der Waals surface area contributed by atoms with E-state index in [-0.39, 0.29) is 0 Å². The van der Waals surface area contributed by atoms with E-state index < -0.39 is 0 Å². The van der Waals surface area contributed by atoms with Crippen LogP contribution in [0.1, 0.15) is 0 Å². The number of fused-ring (bicyclic) bond motifs is 9. The lowest BCUT2D eigenvalue weighted by Crippen LogP contribution is -2.09. The van der Waals surface area contributed by atoms with Gasteiger partial charge < -0.3 is 9.32 Å². The van der Waals surface area contributed by atoms with Gasteiger partial charge in [-0.25, -0.2) is 0 Å². The first kappa shape index (κ1) is 35.7. The molecule has 62 heavy (non-hydrogen) atoms. The fourth-order valence-electron chi connectivity index (χ4n) is 9.52. The summed E-state index contributed by atoms with van der Waals surface area (Å²) in [6.07, 6.45) is 0. The second-order valence-electron chi connectivity index (χ2n) is 16.0. The van der Waals surface area contributed by atoms with E-state index >= 15 is 0 Å². The summed E-state index contributed by atoms with van der Waals surface area (Å²) >= 11 is 0. The van der Waals surface area contributed by atoms with Crippen molar-refractivity contribution in [3.63, 3.8) is 0 Å². The maximum Gasteiger partial charge on any atom is 0.143 e. The summed E-state index contributed by atoms with van der Waals surface area (Å²) in [5.41, 5.74) is 14.3. The third kappa shape index (κ3) is 5.96. The van der Waals surface area contributed by atoms with Crippen LogP contribution in [0, 0.1) is 0 Å². The first-order chi connectivity index (χ1) is 30.8. The fourth-order valence-corrected chi connectivity index (χ4v) is 9.52. The fraction of sp³-hybridized carbons (Fsp3) is 0. The highest BCUT2D eigenvalue weighted by atomic mass is 16.3. The van der Waals surface area contributed by atoms with E-state index in [9.17, 15) is 0 Å². The van der Waals surface area contributed by atoms with Crippen molar-refractivity contribution < 1.29 is 4.42 Å². The van der Waals surface area contributed by atoms with Gasteiger partial charge in [0, 0.05) is 38.8 Å². The van der Waals surface area contributed by atoms with Gasteiger partial charge in [-0.3, -0.25) is 0 Å². The molecule has 0 N–H and O–H groups in total. The Kier molecular flexibility index (Phi) is 8.53. The summed E-state index contributed by atoms with van der Waals surface area (Å²) < 4.78 is 7.23. The molecule has 0 bridgehead atoms. The summed E-state index contributed by atoms with van der Waals surface area (Å²) in [5.74, 6) is 0. The average molecular weight is 790 g/mol. The van der Waals surface area contributed by atoms with Crippen molar-refractivity contribution in [3.05, 3.63) is 237 Å². The molecule has 0 unspecified atom stereocenters. The first-order valence-electron chi connectivity index (χ1n) is 21.3. The number of hydrogen-bond donors (Lipinski definition) is 0. The Balaban J connectivity index is 1.04. The van der Waals surface area contributed by atoms with Gasteiger partial charge in [-0.15, -0.1) is 0 Å². The van der Waals surface area contributed by atoms with Crippen LogP contribution in [0.4, 0.5) is 17.1 Å². The molecule has 0 fully saturated rings. The molecular formula is C60H39NO. The van der Waals surface area contributed by atoms with Crippen LogP contribution in [0.15, 0.2) is 241 Å². The molecule has 290 valence electrons. The molecule has 0 radical (unpaired) electrons. The SMILES string of the molecule is c1ccc(-c2ccc(N(c3ccc(-c4ccccc4)cc3)c3ccc(-c4ccc(-c5cccc6ccccc56)c5c4oc4c6ccccc6c6ccccc6c45)cc3)cc2)cc1. The van der Waals surface area contributed by atoms with E-state index in [2.05, 4.69) is 241 Å². The third-order valence-corrected chi connectivity index (χ3v) is 12.5. The van der Waals surface area contributed by atoms with Gasteiger partial charge in [-0.1, -0.05) is 194 Å². The highest BCUT2D eigenvalue weighted by Crippen LogP contribution is 2.48. The van der Waals surface area contributed by atoms with E-state index in [1.807, 2.05) is 0 Å². The molecular weight excluding hydrogens is 751 g/mol. The van der Waals surface area contributed by atoms with E-state index in [0.29, 0.717) is 0 Å². The molecule has 0 aliphatic carbocycles. The van der Waals surface area contributed by atoms with Gasteiger partial charge in [0.25, 0.3) is 0 Å². The molecule has 0 aliphatic rings. The minimum absolute atomic E-state index is 0.893. The Bertz CT molecular complexity index is 3500. The lowest BCUT2D eigenvalue weighted by atomic mass is 9.90. The van der Waals surface area contributed by atoms with Gasteiger partial charge in [0.05, 0.1) is 0 Å². The number of hydrogen-bond acceptors (Lipinski definition) is 2. The number of rotatable bonds is 7. The summed E-state index contributed by atoms with van der Waals surface area (Å²) in [6, 6.07) is 85.1. The van der Waals surface area contributed by atoms with Crippen LogP contribution < -0.4 is 4.90 Å². The molecule has 0 atom stereocenters. The molecule has 0 saturated heterocycles. The summed E-state index contributed by atoms with van der Waals surface area (Å²) in [4.78, 5) is 2.34. The Morgan fingerprint density at radius 1 is 0.242 bits per heavy atom. The van der Waals surface area contributed by atoms with Crippen LogP contribution in [0.5, 0.6) is 0 Å². The average Bonchev–Trinajstić information content (AvgIpc) is 3.77. The molecule has 0 saturated carbocycles. The van der Waals surface area contributed by atoms with Gasteiger partial charge in [0.1, 0.15) is 11.2 Å². The monoisotopic (exact) mass is 789 g/mol. The standard InChI is InChI=1S/C60H39NO/c1-3-14-40(15-4-1)42-26-32-46(33-27-42)61(47-34-28-43(29-35-47)41-16-5-2-6-17-41)48-36-30-45(31-37-48)50-38-39-55(51-25-13-19-44-18-7-8-20-49(44)51)58-57-54-23-11-9-21-52(54)53-22-10-12-24-56(53)60(57)62-59(50)58/h1-39H. The largest absolute Gasteiger partial charge is 0.455 e. The predicted molar refractivity (Wildman–Crippen MR) is 263 cm³/mol. The van der Waals surface area contributed by atoms with Crippen molar-refractivity contribution in [2.24, 2.45) is 0 Å². The third-order valence-electron chi connectivity index (χ3n) is 12.5. The van der Waals surface area contributed by atoms with E-state index in [1.54, 1.807) is 0 Å². The van der Waals surface area contributed by atoms with Crippen molar-refractivity contribution in [1.82, 2.24) is 0 Å². The maximum absolute atomic E-state index is 7.23. The quantitative estimate of drug-likeness (QED) is 0.150. The van der Waals surface area contributed by atoms with Gasteiger partial charge in [-0.2, -0.15) is 0 Å². The molecule has 0 amide bonds. The zero-order valence-corrected chi connectivity index (χ0v) is 33.9. The lowest BCUT2D eigenvalue weighted by Gasteiger charge is -2.26. The smallest absolute Gasteiger partial charge is 0.143 e. The van der Waals surface area contributed by atoms with Crippen LogP contribution in [0.25, 0.3) is 98.8 Å². The van der Waals surface area contributed by atoms with Crippen LogP contribution >= 0.6 is 0 Å². The number of benzene rings is 11. The normalized spacial score (nSPS) is 11.5. The summed E-state index contributed by atoms with van der Waals surface area (Å²) in [7, 11) is 0. The predicted octanol–water partition coefficient (Wildman–Crippen LogP) is 17.2. The van der Waals surface area contributed by atoms with Crippen LogP contribution in [0.3, 0.4) is 0 Å². The Morgan fingerprint density at radius 3 is 1.27 bits per heavy atom. The topological polar surface area (TPSA) is 16.4 Å². The summed E-state index contributed by atoms with van der Waals surface area (Å²) in [6.45, 7) is 0. The van der Waals surface area contributed by atoms with Crippen molar-refractivity contribution in [2.75, 3.05) is 4.90 Å². The molecule has 12 rings (SSSR count). The zero-order chi connectivity index (χ0) is 41.0. The molecule has 1 aromatic heterocycles. The second kappa shape index (κ2) is 14.8. The maximum atomic E-state index is 7.23. The molecule has 2 nitrogen and oxygen atoms in total. The van der Waals surface area contributed by atoms with Gasteiger partial charge in [-0.05, 0) is 108 Å². The number of anilines is 3. The highest BCUT2D eigenvalue weighted by Gasteiger charge is 2.23. The Hall–Kier alpha value is -8.20. The molecule has 11 aromatic carbocycles. The summed E-state index contributed by atoms with van der Waals surface area (Å²) in [5, 5.41) is 9.47. The van der Waals surface area contributed by atoms with E-state index in [4.69, 9.17) is 4.42 Å². The van der Waals surface area contributed by atoms with E-state index in [0.717, 1.165) is 55.5 Å². The van der Waals surface area contributed by atoms with Crippen molar-refractivity contribution >= 4 is 71.3 Å². The van der Waals surface area contributed by atoms with Crippen LogP contribution in [0.2, 0.25) is 0 Å². The van der Waals surface area contributed by atoms with Crippen molar-refractivity contribution in [3.8, 4) is 44.5 Å². The molecule has 0 spiro atoms. The molecule has 2 heteroatoms. The van der Waals surface area contributed by atoms with E-state index in [1.165, 1.54) is 60.3 Å². The first-order valence-corrected chi connectivity index (χ1v) is 21.3. The van der Waals surface area contributed by atoms with Crippen LogP contribution in [-0.2, 0) is 0 Å². The lowest BCUT2D eigenvalue weighted by molar-refractivity contribution is 0.674. The number of furan rings is 1. The van der Waals surface area contributed by atoms with Crippen LogP contribution in [-0.4, -0.2) is 0 Å². The zero-order valence-electron chi connectivity index (χ0n) is 33.9. The van der Waals surface area contributed by atoms with Crippen molar-refractivity contribution in [2.45, 2.75) is 0 Å². The Morgan fingerprint density at radius 2 is 0.677 bits per heavy atom. The van der Waals surface area contributed by atoms with Gasteiger partial charge in [0.2, 0.25) is 0 Å². The van der Waals surface area contributed by atoms with Gasteiger partial charge >= 0.3 is 0 Å². The second-order valence-corrected chi connectivity index (χ2v) is 16.0. The minimum atomic E-state index is 0.893. The van der Waals surface area contributed by atoms with Crippen molar-refractivity contribution in [1.29, 1.82) is 0 Å². The minimum Gasteiger partial charge on any atom is -0.455 e. The Labute approximate surface area is 360 Å². The number of nitrogens with zero attached hydrogens (tertiary/aromatic N) is 1. The highest BCUT2D eigenvalue weighted by molar-refractivity contribution is 6.33. The molecule has 1 heterocycles. The molecule has 0 aliphatic heterocycles.